The Labute approximate surface area is 74.6 Å². The quantitative estimate of drug-likeness (QED) is 0.493. The first kappa shape index (κ1) is 7.79. The molecule has 2 aromatic heterocycles. The van der Waals surface area contributed by atoms with Gasteiger partial charge >= 0.3 is 0 Å². The second-order valence-electron chi connectivity index (χ2n) is 2.99. The van der Waals surface area contributed by atoms with Crippen LogP contribution in [0.5, 0.6) is 0 Å². The van der Waals surface area contributed by atoms with E-state index in [-0.39, 0.29) is 10.6 Å². The Kier molecular flexibility index (Phi) is 1.55. The largest absolute Gasteiger partial charge is 0.317 e. The molecule has 4 nitrogen and oxygen atoms in total. The molecule has 0 amide bonds. The van der Waals surface area contributed by atoms with Crippen LogP contribution in [0.25, 0.3) is 5.52 Å². The average Bonchev–Trinajstić information content (AvgIpc) is 2.46. The summed E-state index contributed by atoms with van der Waals surface area (Å²) in [7, 11) is 0. The molecule has 0 N–H and O–H groups in total. The van der Waals surface area contributed by atoms with E-state index in [4.69, 9.17) is 0 Å². The highest BCUT2D eigenvalue weighted by atomic mass is 16.6. The predicted molar refractivity (Wildman–Crippen MR) is 48.8 cm³/mol. The number of aryl methyl sites for hydroxylation is 1. The number of aromatic nitrogens is 1. The zero-order valence-electron chi connectivity index (χ0n) is 7.10. The first-order chi connectivity index (χ1) is 6.16. The van der Waals surface area contributed by atoms with Crippen LogP contribution in [0.15, 0.2) is 30.6 Å². The zero-order chi connectivity index (χ0) is 9.42. The molecule has 2 heterocycles. The van der Waals surface area contributed by atoms with Gasteiger partial charge in [-0.15, -0.1) is 0 Å². The van der Waals surface area contributed by atoms with Crippen LogP contribution >= 0.6 is 0 Å². The molecule has 0 aliphatic heterocycles. The third kappa shape index (κ3) is 1.26. The molecule has 2 aromatic rings. The fourth-order valence-electron chi connectivity index (χ4n) is 1.30. The third-order valence-corrected chi connectivity index (χ3v) is 1.95. The van der Waals surface area contributed by atoms with Gasteiger partial charge in [0.2, 0.25) is 0 Å². The third-order valence-electron chi connectivity index (χ3n) is 1.95. The van der Waals surface area contributed by atoms with E-state index in [9.17, 15) is 10.1 Å². The molecular formula is C9H8N2O2. The van der Waals surface area contributed by atoms with E-state index < -0.39 is 0 Å². The Morgan fingerprint density at radius 3 is 2.92 bits per heavy atom. The van der Waals surface area contributed by atoms with Gasteiger partial charge in [0.1, 0.15) is 0 Å². The molecule has 0 spiro atoms. The number of hydrogen-bond donors (Lipinski definition) is 0. The van der Waals surface area contributed by atoms with Crippen molar-refractivity contribution in [2.45, 2.75) is 6.92 Å². The van der Waals surface area contributed by atoms with Crippen LogP contribution in [0.2, 0.25) is 0 Å². The molecule has 0 saturated carbocycles. The summed E-state index contributed by atoms with van der Waals surface area (Å²) >= 11 is 0. The van der Waals surface area contributed by atoms with Crippen molar-refractivity contribution in [2.75, 3.05) is 0 Å². The molecule has 0 aromatic carbocycles. The summed E-state index contributed by atoms with van der Waals surface area (Å²) in [6.45, 7) is 1.96. The van der Waals surface area contributed by atoms with Gasteiger partial charge in [-0.25, -0.2) is 0 Å². The van der Waals surface area contributed by atoms with E-state index >= 15 is 0 Å². The van der Waals surface area contributed by atoms with Crippen molar-refractivity contribution in [1.82, 2.24) is 4.40 Å². The maximum Gasteiger partial charge on any atom is 0.287 e. The maximum atomic E-state index is 10.4. The van der Waals surface area contributed by atoms with Crippen LogP contribution in [0.3, 0.4) is 0 Å². The fraction of sp³-hybridized carbons (Fsp3) is 0.111. The Bertz CT molecular complexity index is 473. The SMILES string of the molecule is Cc1ccn2cc([N+](=O)[O-])cc2c1. The Balaban J connectivity index is 2.68. The number of nitro groups is 1. The highest BCUT2D eigenvalue weighted by molar-refractivity contribution is 5.56. The normalized spacial score (nSPS) is 10.5. The maximum absolute atomic E-state index is 10.4. The minimum Gasteiger partial charge on any atom is -0.317 e. The van der Waals surface area contributed by atoms with Crippen molar-refractivity contribution in [3.05, 3.63) is 46.3 Å². The number of rotatable bonds is 1. The molecule has 66 valence electrons. The van der Waals surface area contributed by atoms with Gasteiger partial charge in [0.15, 0.2) is 0 Å². The molecule has 0 aliphatic carbocycles. The fourth-order valence-corrected chi connectivity index (χ4v) is 1.30. The molecule has 0 aliphatic rings. The van der Waals surface area contributed by atoms with Crippen LogP contribution < -0.4 is 0 Å². The second-order valence-corrected chi connectivity index (χ2v) is 2.99. The number of pyridine rings is 1. The van der Waals surface area contributed by atoms with Gasteiger partial charge in [0.25, 0.3) is 5.69 Å². The summed E-state index contributed by atoms with van der Waals surface area (Å²) in [6.07, 6.45) is 3.33. The first-order valence-electron chi connectivity index (χ1n) is 3.89. The van der Waals surface area contributed by atoms with Gasteiger partial charge in [-0.1, -0.05) is 0 Å². The minimum absolute atomic E-state index is 0.130. The summed E-state index contributed by atoms with van der Waals surface area (Å²) in [5.74, 6) is 0. The van der Waals surface area contributed by atoms with Crippen molar-refractivity contribution in [3.8, 4) is 0 Å². The van der Waals surface area contributed by atoms with E-state index in [1.54, 1.807) is 10.5 Å². The number of nitrogens with zero attached hydrogens (tertiary/aromatic N) is 2. The van der Waals surface area contributed by atoms with E-state index in [0.29, 0.717) is 0 Å². The molecule has 2 rings (SSSR count). The van der Waals surface area contributed by atoms with Crippen molar-refractivity contribution in [3.63, 3.8) is 0 Å². The zero-order valence-corrected chi connectivity index (χ0v) is 7.10. The monoisotopic (exact) mass is 176 g/mol. The number of hydrogen-bond acceptors (Lipinski definition) is 2. The van der Waals surface area contributed by atoms with Gasteiger partial charge in [-0.05, 0) is 24.6 Å². The van der Waals surface area contributed by atoms with Gasteiger partial charge in [0, 0.05) is 12.3 Å². The van der Waals surface area contributed by atoms with Crippen LogP contribution in [-0.2, 0) is 0 Å². The molecule has 0 unspecified atom stereocenters. The smallest absolute Gasteiger partial charge is 0.287 e. The van der Waals surface area contributed by atoms with Gasteiger partial charge in [-0.3, -0.25) is 10.1 Å². The van der Waals surface area contributed by atoms with Crippen LogP contribution in [0.4, 0.5) is 5.69 Å². The second kappa shape index (κ2) is 2.58. The van der Waals surface area contributed by atoms with E-state index in [1.165, 1.54) is 6.20 Å². The summed E-state index contributed by atoms with van der Waals surface area (Å²) in [6, 6.07) is 5.39. The standard InChI is InChI=1S/C9H8N2O2/c1-7-2-3-10-6-9(11(12)13)5-8(10)4-7/h2-6H,1H3. The Morgan fingerprint density at radius 2 is 2.23 bits per heavy atom. The lowest BCUT2D eigenvalue weighted by Crippen LogP contribution is -1.83. The van der Waals surface area contributed by atoms with Crippen molar-refractivity contribution >= 4 is 11.2 Å². The lowest BCUT2D eigenvalue weighted by atomic mass is 10.3. The molecule has 0 atom stereocenters. The van der Waals surface area contributed by atoms with Crippen LogP contribution in [-0.4, -0.2) is 9.32 Å². The molecular weight excluding hydrogens is 168 g/mol. The molecule has 0 fully saturated rings. The minimum atomic E-state index is -0.387. The Morgan fingerprint density at radius 1 is 1.46 bits per heavy atom. The van der Waals surface area contributed by atoms with E-state index in [0.717, 1.165) is 11.1 Å². The molecule has 0 radical (unpaired) electrons. The molecule has 0 saturated heterocycles. The topological polar surface area (TPSA) is 47.5 Å². The Hall–Kier alpha value is -1.84. The van der Waals surface area contributed by atoms with Crippen molar-refractivity contribution < 1.29 is 4.92 Å². The molecule has 0 bridgehead atoms. The summed E-state index contributed by atoms with van der Waals surface area (Å²) in [5, 5.41) is 10.4. The van der Waals surface area contributed by atoms with Crippen molar-refractivity contribution in [2.24, 2.45) is 0 Å². The van der Waals surface area contributed by atoms with E-state index in [2.05, 4.69) is 0 Å². The lowest BCUT2D eigenvalue weighted by molar-refractivity contribution is -0.384. The van der Waals surface area contributed by atoms with Gasteiger partial charge < -0.3 is 4.40 Å². The van der Waals surface area contributed by atoms with Crippen molar-refractivity contribution in [1.29, 1.82) is 0 Å². The molecule has 4 heteroatoms. The average molecular weight is 176 g/mol. The van der Waals surface area contributed by atoms with Gasteiger partial charge in [0.05, 0.1) is 16.6 Å². The van der Waals surface area contributed by atoms with E-state index in [1.807, 2.05) is 25.3 Å². The van der Waals surface area contributed by atoms with Gasteiger partial charge in [-0.2, -0.15) is 0 Å². The first-order valence-corrected chi connectivity index (χ1v) is 3.89. The summed E-state index contributed by atoms with van der Waals surface area (Å²) in [5.41, 5.74) is 2.08. The van der Waals surface area contributed by atoms with Crippen LogP contribution in [0, 0.1) is 17.0 Å². The molecule has 13 heavy (non-hydrogen) atoms. The highest BCUT2D eigenvalue weighted by Gasteiger charge is 2.08. The summed E-state index contributed by atoms with van der Waals surface area (Å²) < 4.78 is 1.74. The van der Waals surface area contributed by atoms with Crippen LogP contribution in [0.1, 0.15) is 5.56 Å². The summed E-state index contributed by atoms with van der Waals surface area (Å²) in [4.78, 5) is 10.1. The lowest BCUT2D eigenvalue weighted by Gasteiger charge is -1.93. The highest BCUT2D eigenvalue weighted by Crippen LogP contribution is 2.17. The predicted octanol–water partition coefficient (Wildman–Crippen LogP) is 2.16. The number of fused-ring (bicyclic) bond motifs is 1.